The lowest BCUT2D eigenvalue weighted by atomic mass is 9.97. The average molecular weight is 506 g/mol. The fraction of sp³-hybridized carbons (Fsp3) is 0.481. The maximum absolute atomic E-state index is 13.1. The Morgan fingerprint density at radius 3 is 2.62 bits per heavy atom. The van der Waals surface area contributed by atoms with E-state index in [1.165, 1.54) is 0 Å². The highest BCUT2D eigenvalue weighted by atomic mass is 16.6. The number of likely N-dealkylation sites (N-methyl/N-ethyl adjacent to an activating group) is 2. The van der Waals surface area contributed by atoms with E-state index in [4.69, 9.17) is 4.74 Å². The van der Waals surface area contributed by atoms with E-state index in [1.54, 1.807) is 23.4 Å². The van der Waals surface area contributed by atoms with E-state index in [-0.39, 0.29) is 30.7 Å². The number of aromatic amines is 1. The smallest absolute Gasteiger partial charge is 0.410 e. The minimum absolute atomic E-state index is 0.0175. The molecule has 0 saturated carbocycles. The number of piperidine rings is 1. The lowest BCUT2D eigenvalue weighted by molar-refractivity contribution is 0.0672. The molecular weight excluding hydrogens is 470 g/mol. The van der Waals surface area contributed by atoms with Gasteiger partial charge in [0.2, 0.25) is 0 Å². The normalized spacial score (nSPS) is 19.4. The summed E-state index contributed by atoms with van der Waals surface area (Å²) in [6.45, 7) is 3.19. The lowest BCUT2D eigenvalue weighted by Gasteiger charge is -2.39. The molecule has 1 aromatic carbocycles. The number of nitrogens with one attached hydrogen (secondary N) is 1. The largest absolute Gasteiger partial charge is 0.445 e. The summed E-state index contributed by atoms with van der Waals surface area (Å²) in [5, 5.41) is 1.01. The molecular formula is C27H35N7O3. The zero-order valence-corrected chi connectivity index (χ0v) is 21.8. The van der Waals surface area contributed by atoms with Crippen molar-refractivity contribution in [3.05, 3.63) is 54.0 Å². The van der Waals surface area contributed by atoms with Crippen LogP contribution in [-0.2, 0) is 11.3 Å². The summed E-state index contributed by atoms with van der Waals surface area (Å²) >= 11 is 0. The topological polar surface area (TPSA) is 97.9 Å². The second-order valence-corrected chi connectivity index (χ2v) is 10.2. The Morgan fingerprint density at radius 1 is 1.03 bits per heavy atom. The number of benzene rings is 1. The van der Waals surface area contributed by atoms with Gasteiger partial charge in [-0.05, 0) is 57.1 Å². The Balaban J connectivity index is 1.18. The zero-order chi connectivity index (χ0) is 25.9. The molecule has 2 amide bonds. The number of amides is 2. The molecule has 37 heavy (non-hydrogen) atoms. The van der Waals surface area contributed by atoms with Gasteiger partial charge in [0.1, 0.15) is 24.4 Å². The molecule has 196 valence electrons. The first-order valence-corrected chi connectivity index (χ1v) is 12.9. The van der Waals surface area contributed by atoms with E-state index < -0.39 is 0 Å². The van der Waals surface area contributed by atoms with E-state index in [9.17, 15) is 9.59 Å². The summed E-state index contributed by atoms with van der Waals surface area (Å²) in [6.07, 6.45) is 6.02. The van der Waals surface area contributed by atoms with Crippen molar-refractivity contribution in [1.82, 2.24) is 29.7 Å². The van der Waals surface area contributed by atoms with Crippen LogP contribution in [0, 0.1) is 0 Å². The monoisotopic (exact) mass is 505 g/mol. The van der Waals surface area contributed by atoms with Crippen LogP contribution in [0.3, 0.4) is 0 Å². The molecule has 10 heteroatoms. The van der Waals surface area contributed by atoms with Crippen LogP contribution >= 0.6 is 0 Å². The highest BCUT2D eigenvalue weighted by molar-refractivity contribution is 5.94. The number of aromatic nitrogens is 3. The first-order valence-electron chi connectivity index (χ1n) is 12.9. The summed E-state index contributed by atoms with van der Waals surface area (Å²) in [6, 6.07) is 9.63. The number of hydrogen-bond donors (Lipinski definition) is 1. The van der Waals surface area contributed by atoms with E-state index in [1.807, 2.05) is 55.3 Å². The standard InChI is InChI=1S/C27H35N7O3/c1-31(2)15-16-32(3)26(35)20-8-6-19(7-9-20)17-37-27(36)34-13-4-5-22-23(34)11-14-33(22)25-21-10-12-28-24(21)29-18-30-25/h6-10,12,18,22-23H,4-5,11,13-17H2,1-3H3,(H,28,29,30)/t22-,23-/m1/s1. The second-order valence-electron chi connectivity index (χ2n) is 10.2. The highest BCUT2D eigenvalue weighted by Crippen LogP contribution is 2.36. The van der Waals surface area contributed by atoms with Gasteiger partial charge < -0.3 is 29.3 Å². The third-order valence-corrected chi connectivity index (χ3v) is 7.44. The van der Waals surface area contributed by atoms with Crippen molar-refractivity contribution >= 4 is 28.9 Å². The van der Waals surface area contributed by atoms with Crippen molar-refractivity contribution in [3.8, 4) is 0 Å². The van der Waals surface area contributed by atoms with Crippen molar-refractivity contribution in [2.24, 2.45) is 0 Å². The quantitative estimate of drug-likeness (QED) is 0.527. The summed E-state index contributed by atoms with van der Waals surface area (Å²) in [5.41, 5.74) is 2.31. The number of rotatable bonds is 7. The number of fused-ring (bicyclic) bond motifs is 2. The van der Waals surface area contributed by atoms with Gasteiger partial charge in [-0.3, -0.25) is 4.79 Å². The van der Waals surface area contributed by atoms with Crippen LogP contribution in [0.25, 0.3) is 11.0 Å². The van der Waals surface area contributed by atoms with Crippen molar-refractivity contribution < 1.29 is 14.3 Å². The molecule has 3 aromatic rings. The van der Waals surface area contributed by atoms with Crippen molar-refractivity contribution in [1.29, 1.82) is 0 Å². The number of anilines is 1. The average Bonchev–Trinajstić information content (AvgIpc) is 3.57. The molecule has 0 radical (unpaired) electrons. The molecule has 5 rings (SSSR count). The Bertz CT molecular complexity index is 1240. The molecule has 10 nitrogen and oxygen atoms in total. The van der Waals surface area contributed by atoms with E-state index in [0.717, 1.165) is 54.8 Å². The minimum atomic E-state index is -0.283. The Hall–Kier alpha value is -3.66. The van der Waals surface area contributed by atoms with E-state index in [2.05, 4.69) is 19.9 Å². The fourth-order valence-corrected chi connectivity index (χ4v) is 5.41. The van der Waals surface area contributed by atoms with Crippen molar-refractivity contribution in [2.75, 3.05) is 52.2 Å². The van der Waals surface area contributed by atoms with Gasteiger partial charge in [-0.2, -0.15) is 0 Å². The summed E-state index contributed by atoms with van der Waals surface area (Å²) in [7, 11) is 5.78. The molecule has 0 spiro atoms. The molecule has 2 aliphatic heterocycles. The van der Waals surface area contributed by atoms with Crippen LogP contribution in [0.15, 0.2) is 42.9 Å². The molecule has 0 unspecified atom stereocenters. The Kier molecular flexibility index (Phi) is 7.27. The van der Waals surface area contributed by atoms with Gasteiger partial charge in [-0.25, -0.2) is 14.8 Å². The predicted octanol–water partition coefficient (Wildman–Crippen LogP) is 2.97. The summed E-state index contributed by atoms with van der Waals surface area (Å²) < 4.78 is 5.72. The predicted molar refractivity (Wildman–Crippen MR) is 142 cm³/mol. The number of H-pyrrole nitrogens is 1. The number of hydrogen-bond acceptors (Lipinski definition) is 7. The number of carbonyl (C=O) groups is 2. The fourth-order valence-electron chi connectivity index (χ4n) is 5.41. The third kappa shape index (κ3) is 5.24. The molecule has 0 aliphatic carbocycles. The van der Waals surface area contributed by atoms with Gasteiger partial charge in [0.05, 0.1) is 17.5 Å². The highest BCUT2D eigenvalue weighted by Gasteiger charge is 2.43. The van der Waals surface area contributed by atoms with Gasteiger partial charge in [0.15, 0.2) is 0 Å². The van der Waals surface area contributed by atoms with Gasteiger partial charge in [0, 0.05) is 45.0 Å². The molecule has 4 heterocycles. The maximum Gasteiger partial charge on any atom is 0.410 e. The number of likely N-dealkylation sites (tertiary alicyclic amines) is 1. The molecule has 2 aromatic heterocycles. The van der Waals surface area contributed by atoms with Gasteiger partial charge in [-0.1, -0.05) is 12.1 Å². The number of nitrogens with zero attached hydrogens (tertiary/aromatic N) is 6. The molecule has 0 bridgehead atoms. The minimum Gasteiger partial charge on any atom is -0.445 e. The first kappa shape index (κ1) is 25.0. The van der Waals surface area contributed by atoms with Crippen molar-refractivity contribution in [3.63, 3.8) is 0 Å². The molecule has 2 fully saturated rings. The molecule has 2 aliphatic rings. The Morgan fingerprint density at radius 2 is 1.84 bits per heavy atom. The lowest BCUT2D eigenvalue weighted by Crippen LogP contribution is -2.52. The second kappa shape index (κ2) is 10.8. The molecule has 2 atom stereocenters. The van der Waals surface area contributed by atoms with Crippen LogP contribution in [0.4, 0.5) is 10.6 Å². The Labute approximate surface area is 217 Å². The van der Waals surface area contributed by atoms with Crippen molar-refractivity contribution in [2.45, 2.75) is 38.0 Å². The van der Waals surface area contributed by atoms with E-state index in [0.29, 0.717) is 18.7 Å². The van der Waals surface area contributed by atoms with Crippen LogP contribution in [0.2, 0.25) is 0 Å². The summed E-state index contributed by atoms with van der Waals surface area (Å²) in [4.78, 5) is 45.8. The van der Waals surface area contributed by atoms with Crippen LogP contribution in [0.1, 0.15) is 35.2 Å². The van der Waals surface area contributed by atoms with Crippen LogP contribution in [-0.4, -0.2) is 101 Å². The van der Waals surface area contributed by atoms with Crippen LogP contribution in [0.5, 0.6) is 0 Å². The molecule has 1 N–H and O–H groups in total. The summed E-state index contributed by atoms with van der Waals surface area (Å²) in [5.74, 6) is 0.909. The van der Waals surface area contributed by atoms with Gasteiger partial charge in [-0.15, -0.1) is 0 Å². The van der Waals surface area contributed by atoms with Gasteiger partial charge >= 0.3 is 6.09 Å². The van der Waals surface area contributed by atoms with E-state index >= 15 is 0 Å². The number of ether oxygens (including phenoxy) is 1. The molecule has 2 saturated heterocycles. The van der Waals surface area contributed by atoms with Crippen LogP contribution < -0.4 is 4.90 Å². The maximum atomic E-state index is 13.1. The van der Waals surface area contributed by atoms with Gasteiger partial charge in [0.25, 0.3) is 5.91 Å². The third-order valence-electron chi connectivity index (χ3n) is 7.44. The number of carbonyl (C=O) groups excluding carboxylic acids is 2. The first-order chi connectivity index (χ1) is 17.9. The zero-order valence-electron chi connectivity index (χ0n) is 21.8. The SMILES string of the molecule is CN(C)CCN(C)C(=O)c1ccc(COC(=O)N2CCC[C@@H]3[C@H]2CCN3c2ncnc3[nH]ccc23)cc1.